The first kappa shape index (κ1) is 20.5. The van der Waals surface area contributed by atoms with Crippen molar-refractivity contribution in [3.8, 4) is 0 Å². The molecular weight excluding hydrogens is 390 g/mol. The summed E-state index contributed by atoms with van der Waals surface area (Å²) in [6.07, 6.45) is 0.789. The van der Waals surface area contributed by atoms with Crippen molar-refractivity contribution in [2.24, 2.45) is 0 Å². The highest BCUT2D eigenvalue weighted by Gasteiger charge is 2.38. The number of nitrogens with zero attached hydrogens (tertiary/aromatic N) is 3. The van der Waals surface area contributed by atoms with Crippen LogP contribution in [0.1, 0.15) is 12.0 Å². The Labute approximate surface area is 165 Å². The Morgan fingerprint density at radius 1 is 1.19 bits per heavy atom. The monoisotopic (exact) mass is 415 g/mol. The topological polar surface area (TPSA) is 70.2 Å². The van der Waals surface area contributed by atoms with E-state index in [0.717, 1.165) is 13.0 Å². The van der Waals surface area contributed by atoms with Crippen molar-refractivity contribution in [1.29, 1.82) is 0 Å². The lowest BCUT2D eigenvalue weighted by Gasteiger charge is -2.36. The van der Waals surface area contributed by atoms with Crippen LogP contribution in [0, 0.1) is 0 Å². The molecule has 150 valence electrons. The van der Waals surface area contributed by atoms with Gasteiger partial charge >= 0.3 is 0 Å². The lowest BCUT2D eigenvalue weighted by atomic mass is 10.2. The van der Waals surface area contributed by atoms with E-state index in [9.17, 15) is 13.2 Å². The molecule has 1 amide bonds. The molecule has 0 saturated carbocycles. The number of likely N-dealkylation sites (tertiary alicyclic amines) is 1. The number of methoxy groups -OCH3 is 1. The smallest absolute Gasteiger partial charge is 0.240 e. The highest BCUT2D eigenvalue weighted by Crippen LogP contribution is 2.21. The van der Waals surface area contributed by atoms with E-state index < -0.39 is 10.0 Å². The van der Waals surface area contributed by atoms with Gasteiger partial charge in [-0.1, -0.05) is 23.7 Å². The fourth-order valence-electron chi connectivity index (χ4n) is 3.71. The minimum atomic E-state index is -3.40. The van der Waals surface area contributed by atoms with Crippen LogP contribution in [0.15, 0.2) is 24.3 Å². The second-order valence-corrected chi connectivity index (χ2v) is 9.35. The van der Waals surface area contributed by atoms with Gasteiger partial charge in [0.2, 0.25) is 15.9 Å². The molecule has 0 bridgehead atoms. The second-order valence-electron chi connectivity index (χ2n) is 6.94. The molecule has 1 atom stereocenters. The number of sulfonamides is 1. The number of halogens is 1. The molecule has 0 N–H and O–H groups in total. The van der Waals surface area contributed by atoms with Crippen LogP contribution in [0.4, 0.5) is 0 Å². The minimum absolute atomic E-state index is 0.0548. The van der Waals surface area contributed by atoms with E-state index in [1.165, 1.54) is 4.31 Å². The average Bonchev–Trinajstić information content (AvgIpc) is 3.00. The molecule has 1 aromatic rings. The standard InChI is InChI=1S/C18H26ClN3O4S/c1-26-12-11-21-6-5-17(18(21)23)20-7-9-22(10-8-20)27(24,25)14-15-3-2-4-16(19)13-15/h2-4,13,17H,5-12,14H2,1H3. The molecule has 9 heteroatoms. The number of carbonyl (C=O) groups is 1. The Bertz CT molecular complexity index is 766. The van der Waals surface area contributed by atoms with Crippen LogP contribution >= 0.6 is 11.6 Å². The van der Waals surface area contributed by atoms with Crippen LogP contribution in [-0.4, -0.2) is 87.5 Å². The largest absolute Gasteiger partial charge is 0.383 e. The van der Waals surface area contributed by atoms with E-state index in [4.69, 9.17) is 16.3 Å². The first-order chi connectivity index (χ1) is 12.9. The van der Waals surface area contributed by atoms with Gasteiger partial charge in [0, 0.05) is 51.4 Å². The molecule has 0 radical (unpaired) electrons. The van der Waals surface area contributed by atoms with Gasteiger partial charge in [0.1, 0.15) is 0 Å². The molecule has 2 saturated heterocycles. The predicted octanol–water partition coefficient (Wildman–Crippen LogP) is 1.03. The van der Waals surface area contributed by atoms with Gasteiger partial charge in [0.15, 0.2) is 0 Å². The lowest BCUT2D eigenvalue weighted by Crippen LogP contribution is -2.54. The Morgan fingerprint density at radius 3 is 2.59 bits per heavy atom. The summed E-state index contributed by atoms with van der Waals surface area (Å²) in [5.41, 5.74) is 0.685. The summed E-state index contributed by atoms with van der Waals surface area (Å²) in [6, 6.07) is 6.80. The average molecular weight is 416 g/mol. The van der Waals surface area contributed by atoms with Gasteiger partial charge < -0.3 is 9.64 Å². The van der Waals surface area contributed by atoms with Gasteiger partial charge in [-0.3, -0.25) is 9.69 Å². The highest BCUT2D eigenvalue weighted by molar-refractivity contribution is 7.88. The number of hydrogen-bond acceptors (Lipinski definition) is 5. The van der Waals surface area contributed by atoms with Crippen LogP contribution in [-0.2, 0) is 25.3 Å². The zero-order valence-electron chi connectivity index (χ0n) is 15.5. The molecule has 2 aliphatic rings. The summed E-state index contributed by atoms with van der Waals surface area (Å²) in [5.74, 6) is 0.0723. The van der Waals surface area contributed by atoms with E-state index >= 15 is 0 Å². The molecule has 1 aromatic carbocycles. The number of piperazine rings is 1. The summed E-state index contributed by atoms with van der Waals surface area (Å²) in [4.78, 5) is 16.5. The Balaban J connectivity index is 1.55. The van der Waals surface area contributed by atoms with Crippen LogP contribution in [0.3, 0.4) is 0 Å². The van der Waals surface area contributed by atoms with E-state index in [2.05, 4.69) is 4.90 Å². The van der Waals surface area contributed by atoms with Crippen LogP contribution in [0.25, 0.3) is 0 Å². The lowest BCUT2D eigenvalue weighted by molar-refractivity contribution is -0.133. The predicted molar refractivity (Wildman–Crippen MR) is 104 cm³/mol. The maximum Gasteiger partial charge on any atom is 0.240 e. The molecule has 2 fully saturated rings. The van der Waals surface area contributed by atoms with Crippen LogP contribution < -0.4 is 0 Å². The van der Waals surface area contributed by atoms with Crippen molar-refractivity contribution < 1.29 is 17.9 Å². The maximum atomic E-state index is 12.7. The molecule has 27 heavy (non-hydrogen) atoms. The highest BCUT2D eigenvalue weighted by atomic mass is 35.5. The van der Waals surface area contributed by atoms with Crippen LogP contribution in [0.5, 0.6) is 0 Å². The number of rotatable bonds is 7. The van der Waals surface area contributed by atoms with Crippen molar-refractivity contribution >= 4 is 27.5 Å². The third-order valence-electron chi connectivity index (χ3n) is 5.18. The molecule has 0 spiro atoms. The number of amides is 1. The van der Waals surface area contributed by atoms with Gasteiger partial charge in [-0.25, -0.2) is 8.42 Å². The third-order valence-corrected chi connectivity index (χ3v) is 7.27. The molecule has 3 rings (SSSR count). The van der Waals surface area contributed by atoms with Crippen molar-refractivity contribution in [3.63, 3.8) is 0 Å². The van der Waals surface area contributed by atoms with Gasteiger partial charge in [-0.15, -0.1) is 0 Å². The van der Waals surface area contributed by atoms with E-state index in [1.807, 2.05) is 4.90 Å². The van der Waals surface area contributed by atoms with Gasteiger partial charge in [0.25, 0.3) is 0 Å². The molecule has 0 aliphatic carbocycles. The molecule has 2 aliphatic heterocycles. The van der Waals surface area contributed by atoms with Gasteiger partial charge in [-0.2, -0.15) is 4.31 Å². The quantitative estimate of drug-likeness (QED) is 0.665. The SMILES string of the molecule is COCCN1CCC(N2CCN(S(=O)(=O)Cc3cccc(Cl)c3)CC2)C1=O. The maximum absolute atomic E-state index is 12.7. The van der Waals surface area contributed by atoms with Gasteiger partial charge in [0.05, 0.1) is 18.4 Å². The molecule has 7 nitrogen and oxygen atoms in total. The number of hydrogen-bond donors (Lipinski definition) is 0. The summed E-state index contributed by atoms with van der Waals surface area (Å²) >= 11 is 5.95. The Kier molecular flexibility index (Phi) is 6.75. The van der Waals surface area contributed by atoms with E-state index in [1.54, 1.807) is 31.4 Å². The fourth-order valence-corrected chi connectivity index (χ4v) is 5.42. The fraction of sp³-hybridized carbons (Fsp3) is 0.611. The molecule has 2 heterocycles. The second kappa shape index (κ2) is 8.87. The molecule has 0 aromatic heterocycles. The summed E-state index contributed by atoms with van der Waals surface area (Å²) in [7, 11) is -1.77. The zero-order chi connectivity index (χ0) is 19.4. The summed E-state index contributed by atoms with van der Waals surface area (Å²) in [6.45, 7) is 3.84. The van der Waals surface area contributed by atoms with E-state index in [-0.39, 0.29) is 17.7 Å². The van der Waals surface area contributed by atoms with Crippen molar-refractivity contribution in [2.75, 3.05) is 53.0 Å². The summed E-state index contributed by atoms with van der Waals surface area (Å²) in [5, 5.41) is 0.533. The molecular formula is C18H26ClN3O4S. The first-order valence-corrected chi connectivity index (χ1v) is 11.1. The Hall–Kier alpha value is -1.19. The number of benzene rings is 1. The van der Waals surface area contributed by atoms with Crippen molar-refractivity contribution in [2.45, 2.75) is 18.2 Å². The van der Waals surface area contributed by atoms with Crippen molar-refractivity contribution in [3.05, 3.63) is 34.9 Å². The van der Waals surface area contributed by atoms with E-state index in [0.29, 0.717) is 49.9 Å². The van der Waals surface area contributed by atoms with Crippen molar-refractivity contribution in [1.82, 2.24) is 14.1 Å². The number of carbonyl (C=O) groups excluding carboxylic acids is 1. The van der Waals surface area contributed by atoms with Gasteiger partial charge in [-0.05, 0) is 24.1 Å². The normalized spacial score (nSPS) is 22.5. The zero-order valence-corrected chi connectivity index (χ0v) is 17.1. The molecule has 1 unspecified atom stereocenters. The van der Waals surface area contributed by atoms with Crippen LogP contribution in [0.2, 0.25) is 5.02 Å². The third kappa shape index (κ3) is 5.00. The number of ether oxygens (including phenoxy) is 1. The first-order valence-electron chi connectivity index (χ1n) is 9.15. The summed E-state index contributed by atoms with van der Waals surface area (Å²) < 4.78 is 32.0. The Morgan fingerprint density at radius 2 is 1.93 bits per heavy atom. The minimum Gasteiger partial charge on any atom is -0.383 e.